The van der Waals surface area contributed by atoms with Crippen molar-refractivity contribution in [3.8, 4) is 0 Å². The first kappa shape index (κ1) is 24.4. The summed E-state index contributed by atoms with van der Waals surface area (Å²) in [5, 5.41) is 6.33. The van der Waals surface area contributed by atoms with Crippen molar-refractivity contribution in [2.75, 3.05) is 56.2 Å². The molecule has 6 N–H and O–H groups in total. The lowest BCUT2D eigenvalue weighted by Gasteiger charge is -2.24. The summed E-state index contributed by atoms with van der Waals surface area (Å²) < 4.78 is 34.9. The standard InChI is InChI=1S/C19H28F2N8O4/c1-11(23)25-17(24-2)26-18(30)29-4-3-27(5-6-32-29)16-14(20)7-12(8-15(16)21)28-10-13(9-22)33-19(28)31/h7-8,11,13H,3-6,9-10,22-23H2,1-2H3,(H2,24,25,26,30)/t11?,13-/m0/s1. The Kier molecular flexibility index (Phi) is 7.84. The van der Waals surface area contributed by atoms with Crippen molar-refractivity contribution in [2.24, 2.45) is 16.5 Å². The minimum absolute atomic E-state index is 0.00397. The molecule has 33 heavy (non-hydrogen) atoms. The maximum atomic E-state index is 14.9. The number of rotatable bonds is 4. The average molecular weight is 470 g/mol. The van der Waals surface area contributed by atoms with Crippen molar-refractivity contribution in [1.29, 1.82) is 0 Å². The highest BCUT2D eigenvalue weighted by molar-refractivity contribution is 5.96. The molecule has 1 unspecified atom stereocenters. The molecule has 0 aliphatic carbocycles. The summed E-state index contributed by atoms with van der Waals surface area (Å²) in [5.41, 5.74) is 10.9. The Hall–Kier alpha value is -3.23. The summed E-state index contributed by atoms with van der Waals surface area (Å²) in [7, 11) is 1.48. The zero-order valence-electron chi connectivity index (χ0n) is 18.4. The molecule has 1 aromatic rings. The molecular weight excluding hydrogens is 442 g/mol. The first-order valence-corrected chi connectivity index (χ1v) is 10.4. The number of hydrogen-bond donors (Lipinski definition) is 4. The lowest BCUT2D eigenvalue weighted by molar-refractivity contribution is -0.103. The molecule has 0 saturated carbocycles. The number of amides is 3. The van der Waals surface area contributed by atoms with Crippen LogP contribution in [0.5, 0.6) is 0 Å². The second-order valence-electron chi connectivity index (χ2n) is 7.47. The average Bonchev–Trinajstić information content (AvgIpc) is 2.97. The number of urea groups is 1. The van der Waals surface area contributed by atoms with E-state index in [9.17, 15) is 18.4 Å². The Morgan fingerprint density at radius 2 is 2.00 bits per heavy atom. The number of nitrogens with one attached hydrogen (secondary N) is 2. The van der Waals surface area contributed by atoms with Crippen LogP contribution in [0.3, 0.4) is 0 Å². The molecule has 3 amide bonds. The molecular formula is C19H28F2N8O4. The molecule has 2 heterocycles. The van der Waals surface area contributed by atoms with Gasteiger partial charge in [0.25, 0.3) is 0 Å². The van der Waals surface area contributed by atoms with Crippen LogP contribution in [-0.4, -0.2) is 81.8 Å². The molecule has 2 saturated heterocycles. The number of nitrogens with two attached hydrogens (primary N) is 2. The Labute approximate surface area is 189 Å². The van der Waals surface area contributed by atoms with E-state index >= 15 is 0 Å². The van der Waals surface area contributed by atoms with Gasteiger partial charge in [0.2, 0.25) is 0 Å². The van der Waals surface area contributed by atoms with Crippen molar-refractivity contribution < 1.29 is 27.9 Å². The zero-order valence-corrected chi connectivity index (χ0v) is 18.4. The molecule has 3 rings (SSSR count). The van der Waals surface area contributed by atoms with Gasteiger partial charge in [-0.15, -0.1) is 0 Å². The van der Waals surface area contributed by atoms with E-state index in [0.29, 0.717) is 0 Å². The van der Waals surface area contributed by atoms with Gasteiger partial charge < -0.3 is 26.4 Å². The molecule has 1 aromatic carbocycles. The molecule has 182 valence electrons. The number of benzene rings is 1. The van der Waals surface area contributed by atoms with Crippen LogP contribution >= 0.6 is 0 Å². The van der Waals surface area contributed by atoms with Crippen LogP contribution in [-0.2, 0) is 9.57 Å². The van der Waals surface area contributed by atoms with E-state index in [1.807, 2.05) is 0 Å². The van der Waals surface area contributed by atoms with Crippen LogP contribution in [0.1, 0.15) is 6.92 Å². The number of guanidine groups is 1. The predicted octanol–water partition coefficient (Wildman–Crippen LogP) is -0.108. The third-order valence-corrected chi connectivity index (χ3v) is 4.99. The number of anilines is 2. The largest absolute Gasteiger partial charge is 0.443 e. The maximum Gasteiger partial charge on any atom is 0.414 e. The Bertz CT molecular complexity index is 893. The molecule has 0 aromatic heterocycles. The molecule has 2 aliphatic heterocycles. The second kappa shape index (κ2) is 10.6. The van der Waals surface area contributed by atoms with Gasteiger partial charge in [-0.2, -0.15) is 0 Å². The van der Waals surface area contributed by atoms with Crippen LogP contribution in [0.4, 0.5) is 29.7 Å². The van der Waals surface area contributed by atoms with E-state index in [-0.39, 0.29) is 56.7 Å². The van der Waals surface area contributed by atoms with Gasteiger partial charge in [-0.3, -0.25) is 20.0 Å². The van der Waals surface area contributed by atoms with Crippen molar-refractivity contribution in [2.45, 2.75) is 19.2 Å². The topological polar surface area (TPSA) is 151 Å². The van der Waals surface area contributed by atoms with Gasteiger partial charge in [-0.1, -0.05) is 0 Å². The van der Waals surface area contributed by atoms with E-state index in [4.69, 9.17) is 21.0 Å². The van der Waals surface area contributed by atoms with Crippen LogP contribution < -0.4 is 31.9 Å². The maximum absolute atomic E-state index is 14.9. The van der Waals surface area contributed by atoms with Crippen molar-refractivity contribution in [1.82, 2.24) is 15.7 Å². The second-order valence-corrected chi connectivity index (χ2v) is 7.47. The quantitative estimate of drug-likeness (QED) is 0.270. The van der Waals surface area contributed by atoms with Gasteiger partial charge in [-0.25, -0.2) is 23.4 Å². The fourth-order valence-corrected chi connectivity index (χ4v) is 3.43. The smallest absolute Gasteiger partial charge is 0.414 e. The van der Waals surface area contributed by atoms with Crippen LogP contribution in [0.15, 0.2) is 17.1 Å². The van der Waals surface area contributed by atoms with Gasteiger partial charge in [0.1, 0.15) is 11.8 Å². The summed E-state index contributed by atoms with van der Waals surface area (Å²) in [4.78, 5) is 36.3. The molecule has 0 radical (unpaired) electrons. The van der Waals surface area contributed by atoms with Gasteiger partial charge >= 0.3 is 12.1 Å². The van der Waals surface area contributed by atoms with Crippen molar-refractivity contribution in [3.05, 3.63) is 23.8 Å². The van der Waals surface area contributed by atoms with Crippen LogP contribution in [0, 0.1) is 11.6 Å². The SMILES string of the molecule is C/N=C(/NC(=O)N1CCN(c2c(F)cc(N3C[C@H](CN)OC3=O)cc2F)CCO1)NC(C)N. The summed E-state index contributed by atoms with van der Waals surface area (Å²) in [6.07, 6.45) is -1.69. The third kappa shape index (κ3) is 5.77. The first-order valence-electron chi connectivity index (χ1n) is 10.4. The lowest BCUT2D eigenvalue weighted by atomic mass is 10.2. The number of halogens is 2. The monoisotopic (exact) mass is 470 g/mol. The number of carbonyl (C=O) groups is 2. The predicted molar refractivity (Wildman–Crippen MR) is 117 cm³/mol. The zero-order chi connectivity index (χ0) is 24.1. The molecule has 0 bridgehead atoms. The molecule has 14 heteroatoms. The number of ether oxygens (including phenoxy) is 1. The van der Waals surface area contributed by atoms with Gasteiger partial charge in [0.05, 0.1) is 31.5 Å². The highest BCUT2D eigenvalue weighted by Gasteiger charge is 2.33. The van der Waals surface area contributed by atoms with E-state index in [1.165, 1.54) is 11.9 Å². The fourth-order valence-electron chi connectivity index (χ4n) is 3.43. The number of carbonyl (C=O) groups excluding carboxylic acids is 2. The first-order chi connectivity index (χ1) is 15.7. The number of aliphatic imine (C=N–C) groups is 1. The molecule has 2 atom stereocenters. The number of hydrogen-bond acceptors (Lipinski definition) is 8. The van der Waals surface area contributed by atoms with Gasteiger partial charge in [0, 0.05) is 38.8 Å². The fraction of sp³-hybridized carbons (Fsp3) is 0.526. The highest BCUT2D eigenvalue weighted by Crippen LogP contribution is 2.31. The summed E-state index contributed by atoms with van der Waals surface area (Å²) in [5.74, 6) is -1.55. The van der Waals surface area contributed by atoms with E-state index in [0.717, 1.165) is 22.1 Å². The van der Waals surface area contributed by atoms with E-state index in [2.05, 4.69) is 15.6 Å². The highest BCUT2D eigenvalue weighted by atomic mass is 19.1. The molecule has 12 nitrogen and oxygen atoms in total. The lowest BCUT2D eigenvalue weighted by Crippen LogP contribution is -2.52. The minimum atomic E-state index is -0.853. The van der Waals surface area contributed by atoms with Gasteiger partial charge in [-0.05, 0) is 6.92 Å². The number of hydroxylamine groups is 2. The van der Waals surface area contributed by atoms with E-state index < -0.39 is 36.0 Å². The molecule has 2 aliphatic rings. The summed E-state index contributed by atoms with van der Waals surface area (Å²) in [6.45, 7) is 2.15. The van der Waals surface area contributed by atoms with E-state index in [1.54, 1.807) is 6.92 Å². The van der Waals surface area contributed by atoms with Crippen LogP contribution in [0.2, 0.25) is 0 Å². The molecule has 2 fully saturated rings. The van der Waals surface area contributed by atoms with Crippen molar-refractivity contribution >= 4 is 29.5 Å². The summed E-state index contributed by atoms with van der Waals surface area (Å²) >= 11 is 0. The molecule has 0 spiro atoms. The Morgan fingerprint density at radius 3 is 2.58 bits per heavy atom. The third-order valence-electron chi connectivity index (χ3n) is 4.99. The van der Waals surface area contributed by atoms with Crippen LogP contribution in [0.25, 0.3) is 0 Å². The Balaban J connectivity index is 1.68. The normalized spacial score (nSPS) is 20.4. The number of cyclic esters (lactones) is 1. The summed E-state index contributed by atoms with van der Waals surface area (Å²) in [6, 6.07) is 1.53. The Morgan fingerprint density at radius 1 is 1.30 bits per heavy atom. The van der Waals surface area contributed by atoms with Crippen molar-refractivity contribution in [3.63, 3.8) is 0 Å². The minimum Gasteiger partial charge on any atom is -0.443 e. The number of nitrogens with zero attached hydrogens (tertiary/aromatic N) is 4. The van der Waals surface area contributed by atoms with Gasteiger partial charge in [0.15, 0.2) is 17.6 Å².